The summed E-state index contributed by atoms with van der Waals surface area (Å²) in [6.45, 7) is 0. The Morgan fingerprint density at radius 3 is 2.69 bits per heavy atom. The largest absolute Gasteiger partial charge is 0.373 e. The lowest BCUT2D eigenvalue weighted by Crippen LogP contribution is -2.16. The molecule has 0 radical (unpaired) electrons. The summed E-state index contributed by atoms with van der Waals surface area (Å²) in [5, 5.41) is 1.84. The Bertz CT molecular complexity index is 378. The van der Waals surface area contributed by atoms with Crippen molar-refractivity contribution in [3.8, 4) is 0 Å². The van der Waals surface area contributed by atoms with Crippen LogP contribution < -0.4 is 4.84 Å². The van der Waals surface area contributed by atoms with Crippen molar-refractivity contribution in [3.05, 3.63) is 46.9 Å². The van der Waals surface area contributed by atoms with Crippen molar-refractivity contribution in [2.45, 2.75) is 0 Å². The van der Waals surface area contributed by atoms with Crippen LogP contribution in [0.2, 0.25) is 0 Å². The predicted octanol–water partition coefficient (Wildman–Crippen LogP) is 1.82. The zero-order valence-electron chi connectivity index (χ0n) is 6.71. The molecule has 3 nitrogen and oxygen atoms in total. The highest BCUT2D eigenvalue weighted by atomic mass is 32.1. The fraction of sp³-hybridized carbons (Fsp3) is 0. The van der Waals surface area contributed by atoms with Crippen molar-refractivity contribution in [1.29, 1.82) is 0 Å². The Morgan fingerprint density at radius 2 is 2.08 bits per heavy atom. The molecule has 0 amide bonds. The van der Waals surface area contributed by atoms with Crippen LogP contribution in [0.5, 0.6) is 0 Å². The highest BCUT2D eigenvalue weighted by molar-refractivity contribution is 7.11. The third-order valence-corrected chi connectivity index (χ3v) is 2.34. The van der Waals surface area contributed by atoms with E-state index in [1.807, 2.05) is 11.4 Å². The lowest BCUT2D eigenvalue weighted by molar-refractivity contribution is 0.0469. The van der Waals surface area contributed by atoms with E-state index in [0.29, 0.717) is 4.88 Å². The van der Waals surface area contributed by atoms with Crippen molar-refractivity contribution in [2.24, 2.45) is 0 Å². The minimum atomic E-state index is -0.328. The molecule has 0 N–H and O–H groups in total. The molecule has 0 spiro atoms. The van der Waals surface area contributed by atoms with Crippen LogP contribution in [0, 0.1) is 0 Å². The zero-order valence-corrected chi connectivity index (χ0v) is 7.53. The van der Waals surface area contributed by atoms with E-state index in [1.165, 1.54) is 16.1 Å². The van der Waals surface area contributed by atoms with Crippen LogP contribution >= 0.6 is 11.3 Å². The fourth-order valence-electron chi connectivity index (χ4n) is 0.915. The third-order valence-electron chi connectivity index (χ3n) is 1.49. The van der Waals surface area contributed by atoms with Gasteiger partial charge < -0.3 is 4.84 Å². The number of rotatable bonds is 2. The van der Waals surface area contributed by atoms with Gasteiger partial charge in [-0.1, -0.05) is 6.07 Å². The van der Waals surface area contributed by atoms with Crippen LogP contribution in [-0.4, -0.2) is 10.7 Å². The zero-order chi connectivity index (χ0) is 9.10. The third kappa shape index (κ3) is 1.78. The topological polar surface area (TPSA) is 31.2 Å². The molecule has 0 aromatic carbocycles. The maximum Gasteiger partial charge on any atom is 0.373 e. The Labute approximate surface area is 79.1 Å². The van der Waals surface area contributed by atoms with Gasteiger partial charge in [-0.05, 0) is 23.6 Å². The van der Waals surface area contributed by atoms with Gasteiger partial charge in [0.15, 0.2) is 0 Å². The predicted molar refractivity (Wildman–Crippen MR) is 49.7 cm³/mol. The van der Waals surface area contributed by atoms with Gasteiger partial charge >= 0.3 is 5.97 Å². The molecule has 0 bridgehead atoms. The molecule has 2 aromatic rings. The van der Waals surface area contributed by atoms with E-state index in [-0.39, 0.29) is 5.97 Å². The summed E-state index contributed by atoms with van der Waals surface area (Å²) in [5.74, 6) is -0.328. The first kappa shape index (κ1) is 8.07. The van der Waals surface area contributed by atoms with E-state index >= 15 is 0 Å². The molecular weight excluding hydrogens is 186 g/mol. The molecular formula is C9H7NO2S. The first-order valence-corrected chi connectivity index (χ1v) is 4.63. The van der Waals surface area contributed by atoms with Gasteiger partial charge in [0, 0.05) is 12.4 Å². The fourth-order valence-corrected chi connectivity index (χ4v) is 1.51. The second kappa shape index (κ2) is 3.45. The van der Waals surface area contributed by atoms with Crippen LogP contribution in [0.25, 0.3) is 0 Å². The summed E-state index contributed by atoms with van der Waals surface area (Å²) in [7, 11) is 0. The normalized spacial score (nSPS) is 9.85. The van der Waals surface area contributed by atoms with E-state index in [4.69, 9.17) is 4.84 Å². The van der Waals surface area contributed by atoms with Gasteiger partial charge in [0.05, 0.1) is 0 Å². The van der Waals surface area contributed by atoms with Crippen molar-refractivity contribution < 1.29 is 9.63 Å². The molecule has 0 unspecified atom stereocenters. The highest BCUT2D eigenvalue weighted by Gasteiger charge is 2.07. The lowest BCUT2D eigenvalue weighted by Gasteiger charge is -2.00. The van der Waals surface area contributed by atoms with Crippen molar-refractivity contribution in [3.63, 3.8) is 0 Å². The standard InChI is InChI=1S/C9H7NO2S/c11-9(8-4-3-7-13-8)12-10-5-1-2-6-10/h1-7H. The number of nitrogens with zero attached hydrogens (tertiary/aromatic N) is 1. The summed E-state index contributed by atoms with van der Waals surface area (Å²) in [6.07, 6.45) is 3.34. The van der Waals surface area contributed by atoms with E-state index in [1.54, 1.807) is 30.6 Å². The van der Waals surface area contributed by atoms with Crippen molar-refractivity contribution >= 4 is 17.3 Å². The summed E-state index contributed by atoms with van der Waals surface area (Å²) >= 11 is 1.37. The van der Waals surface area contributed by atoms with Crippen molar-refractivity contribution in [1.82, 2.24) is 4.73 Å². The van der Waals surface area contributed by atoms with Gasteiger partial charge in [0.1, 0.15) is 4.88 Å². The molecule has 0 atom stereocenters. The Balaban J connectivity index is 2.08. The number of carbonyl (C=O) groups excluding carboxylic acids is 1. The minimum Gasteiger partial charge on any atom is -0.331 e. The number of carbonyl (C=O) groups is 1. The van der Waals surface area contributed by atoms with Crippen LogP contribution in [-0.2, 0) is 0 Å². The van der Waals surface area contributed by atoms with E-state index in [0.717, 1.165) is 0 Å². The number of aromatic nitrogens is 1. The van der Waals surface area contributed by atoms with Gasteiger partial charge in [-0.3, -0.25) is 0 Å². The number of hydrogen-bond acceptors (Lipinski definition) is 3. The molecule has 2 rings (SSSR count). The Kier molecular flexibility index (Phi) is 2.14. The monoisotopic (exact) mass is 193 g/mol. The lowest BCUT2D eigenvalue weighted by atomic mass is 10.5. The molecule has 13 heavy (non-hydrogen) atoms. The number of hydrogen-bond donors (Lipinski definition) is 0. The summed E-state index contributed by atoms with van der Waals surface area (Å²) in [6, 6.07) is 7.14. The molecule has 0 aliphatic carbocycles. The molecule has 2 aromatic heterocycles. The van der Waals surface area contributed by atoms with Crippen LogP contribution in [0.4, 0.5) is 0 Å². The van der Waals surface area contributed by atoms with E-state index < -0.39 is 0 Å². The summed E-state index contributed by atoms with van der Waals surface area (Å²) in [5.41, 5.74) is 0. The molecule has 0 aliphatic rings. The Hall–Kier alpha value is -1.55. The average molecular weight is 193 g/mol. The van der Waals surface area contributed by atoms with Gasteiger partial charge in [0.2, 0.25) is 0 Å². The molecule has 0 saturated heterocycles. The first-order chi connectivity index (χ1) is 6.36. The first-order valence-electron chi connectivity index (χ1n) is 3.75. The van der Waals surface area contributed by atoms with Crippen LogP contribution in [0.3, 0.4) is 0 Å². The summed E-state index contributed by atoms with van der Waals surface area (Å²) < 4.78 is 1.38. The second-order valence-corrected chi connectivity index (χ2v) is 3.35. The van der Waals surface area contributed by atoms with E-state index in [9.17, 15) is 4.79 Å². The molecule has 4 heteroatoms. The molecule has 66 valence electrons. The van der Waals surface area contributed by atoms with E-state index in [2.05, 4.69) is 0 Å². The second-order valence-electron chi connectivity index (χ2n) is 2.40. The van der Waals surface area contributed by atoms with Gasteiger partial charge in [-0.15, -0.1) is 11.3 Å². The SMILES string of the molecule is O=C(On1cccc1)c1cccs1. The maximum atomic E-state index is 11.3. The van der Waals surface area contributed by atoms with Crippen molar-refractivity contribution in [2.75, 3.05) is 0 Å². The highest BCUT2D eigenvalue weighted by Crippen LogP contribution is 2.08. The molecule has 2 heterocycles. The molecule has 0 fully saturated rings. The smallest absolute Gasteiger partial charge is 0.331 e. The molecule has 0 aliphatic heterocycles. The Morgan fingerprint density at radius 1 is 1.31 bits per heavy atom. The maximum absolute atomic E-state index is 11.3. The van der Waals surface area contributed by atoms with Gasteiger partial charge in [0.25, 0.3) is 0 Å². The van der Waals surface area contributed by atoms with Gasteiger partial charge in [-0.25, -0.2) is 4.79 Å². The molecule has 0 saturated carbocycles. The quantitative estimate of drug-likeness (QED) is 0.728. The van der Waals surface area contributed by atoms with Crippen LogP contribution in [0.15, 0.2) is 42.0 Å². The van der Waals surface area contributed by atoms with Crippen LogP contribution in [0.1, 0.15) is 9.67 Å². The average Bonchev–Trinajstić information content (AvgIpc) is 2.74. The number of thiophene rings is 1. The summed E-state index contributed by atoms with van der Waals surface area (Å²) in [4.78, 5) is 16.9. The minimum absolute atomic E-state index is 0.328. The van der Waals surface area contributed by atoms with Gasteiger partial charge in [-0.2, -0.15) is 4.73 Å².